The van der Waals surface area contributed by atoms with E-state index in [0.29, 0.717) is 18.4 Å². The van der Waals surface area contributed by atoms with Gasteiger partial charge in [0, 0.05) is 19.5 Å². The number of methoxy groups -OCH3 is 1. The topological polar surface area (TPSA) is 184 Å². The highest BCUT2D eigenvalue weighted by Gasteiger charge is 2.36. The molecule has 5 N–H and O–H groups in total. The zero-order chi connectivity index (χ0) is 34.4. The number of hydrogen-bond donors (Lipinski definition) is 5. The Balaban J connectivity index is 1.84. The number of benzene rings is 1. The Hall–Kier alpha value is -2.62. The van der Waals surface area contributed by atoms with Gasteiger partial charge in [-0.1, -0.05) is 76.3 Å². The number of nitrogens with one attached hydrogen (secondary N) is 3. The van der Waals surface area contributed by atoms with Crippen molar-refractivity contribution in [3.05, 3.63) is 35.9 Å². The molecule has 1 aromatic carbocycles. The van der Waals surface area contributed by atoms with Gasteiger partial charge in [-0.05, 0) is 43.1 Å². The van der Waals surface area contributed by atoms with Crippen molar-refractivity contribution in [1.29, 1.82) is 0 Å². The van der Waals surface area contributed by atoms with Crippen LogP contribution in [0.5, 0.6) is 0 Å². The summed E-state index contributed by atoms with van der Waals surface area (Å²) in [4.78, 5) is 39.8. The second kappa shape index (κ2) is 19.4. The van der Waals surface area contributed by atoms with Crippen LogP contribution in [0, 0.1) is 11.8 Å². The fourth-order valence-corrected chi connectivity index (χ4v) is 7.55. The van der Waals surface area contributed by atoms with E-state index >= 15 is 0 Å². The largest absolute Gasteiger partial charge is 0.469 e. The van der Waals surface area contributed by atoms with Crippen LogP contribution in [-0.2, 0) is 40.5 Å². The standard InChI is InChI=1S/C33H54N4O9S/c1-23(2)20-29(38)31(40)27(21-24-10-6-4-7-11-24)35-32(41)26(14-15-30(39)45-3)34-33(42)28(22-25-12-8-5-9-13-25)36-47(43,44)37-16-18-46-19-17-37/h5,8-9,12-13,23-24,26-29,31,36,38,40H,4,6-7,10-11,14-22H2,1-3H3,(H,34,42)(H,35,41)/t26?,27-,28-,29-,31+/m0/s1. The van der Waals surface area contributed by atoms with Gasteiger partial charge >= 0.3 is 5.97 Å². The first-order valence-corrected chi connectivity index (χ1v) is 18.3. The fourth-order valence-electron chi connectivity index (χ4n) is 6.22. The zero-order valence-corrected chi connectivity index (χ0v) is 28.8. The van der Waals surface area contributed by atoms with Gasteiger partial charge in [-0.3, -0.25) is 14.4 Å². The highest BCUT2D eigenvalue weighted by atomic mass is 32.2. The number of aliphatic hydroxyl groups excluding tert-OH is 2. The third-order valence-corrected chi connectivity index (χ3v) is 10.5. The van der Waals surface area contributed by atoms with Crippen LogP contribution in [-0.4, -0.2) is 104 Å². The van der Waals surface area contributed by atoms with Gasteiger partial charge in [0.2, 0.25) is 11.8 Å². The monoisotopic (exact) mass is 682 g/mol. The predicted octanol–water partition coefficient (Wildman–Crippen LogP) is 1.43. The SMILES string of the molecule is COC(=O)CCC(NC(=O)[C@H](Cc1ccccc1)NS(=O)(=O)N1CCOCC1)C(=O)N[C@@H](CC1CCCCC1)[C@@H](O)[C@@H](O)CC(C)C. The molecule has 5 atom stereocenters. The molecule has 0 spiro atoms. The van der Waals surface area contributed by atoms with Crippen molar-refractivity contribution in [2.24, 2.45) is 11.8 Å². The molecule has 1 aromatic rings. The van der Waals surface area contributed by atoms with Gasteiger partial charge in [0.25, 0.3) is 10.2 Å². The van der Waals surface area contributed by atoms with Crippen molar-refractivity contribution >= 4 is 28.0 Å². The van der Waals surface area contributed by atoms with Gasteiger partial charge in [0.1, 0.15) is 18.2 Å². The van der Waals surface area contributed by atoms with Crippen LogP contribution in [0.1, 0.15) is 77.2 Å². The first-order valence-electron chi connectivity index (χ1n) is 16.8. The number of carbonyl (C=O) groups is 3. The normalized spacial score (nSPS) is 19.7. The molecule has 0 radical (unpaired) electrons. The molecular weight excluding hydrogens is 628 g/mol. The lowest BCUT2D eigenvalue weighted by atomic mass is 9.82. The molecule has 1 unspecified atom stereocenters. The van der Waals surface area contributed by atoms with Crippen LogP contribution in [0.25, 0.3) is 0 Å². The van der Waals surface area contributed by atoms with Gasteiger partial charge in [0.05, 0.1) is 32.5 Å². The number of morpholine rings is 1. The molecule has 13 nitrogen and oxygen atoms in total. The summed E-state index contributed by atoms with van der Waals surface area (Å²) in [5.74, 6) is -1.62. The molecule has 2 amide bonds. The number of aliphatic hydroxyl groups is 2. The molecule has 2 aliphatic rings. The van der Waals surface area contributed by atoms with Crippen molar-refractivity contribution in [1.82, 2.24) is 19.7 Å². The molecule has 1 saturated carbocycles. The quantitative estimate of drug-likeness (QED) is 0.143. The lowest BCUT2D eigenvalue weighted by Crippen LogP contribution is -2.59. The van der Waals surface area contributed by atoms with Crippen molar-refractivity contribution < 1.29 is 42.5 Å². The van der Waals surface area contributed by atoms with Crippen LogP contribution in [0.15, 0.2) is 30.3 Å². The van der Waals surface area contributed by atoms with Crippen LogP contribution in [0.4, 0.5) is 0 Å². The number of amides is 2. The van der Waals surface area contributed by atoms with Gasteiger partial charge in [-0.15, -0.1) is 0 Å². The summed E-state index contributed by atoms with van der Waals surface area (Å²) < 4.78 is 40.4. The highest BCUT2D eigenvalue weighted by molar-refractivity contribution is 7.87. The maximum absolute atomic E-state index is 13.9. The Bertz CT molecular complexity index is 1220. The van der Waals surface area contributed by atoms with Gasteiger partial charge in [-0.25, -0.2) is 0 Å². The zero-order valence-electron chi connectivity index (χ0n) is 27.9. The summed E-state index contributed by atoms with van der Waals surface area (Å²) >= 11 is 0. The Morgan fingerprint density at radius 1 is 0.979 bits per heavy atom. The van der Waals surface area contributed by atoms with Crippen LogP contribution in [0.2, 0.25) is 0 Å². The lowest BCUT2D eigenvalue weighted by molar-refractivity contribution is -0.141. The molecule has 14 heteroatoms. The minimum absolute atomic E-state index is 0.00595. The van der Waals surface area contributed by atoms with E-state index in [1.165, 1.54) is 11.4 Å². The maximum Gasteiger partial charge on any atom is 0.305 e. The molecule has 0 aromatic heterocycles. The number of esters is 1. The molecule has 1 saturated heterocycles. The molecular formula is C33H54N4O9S. The van der Waals surface area contributed by atoms with Crippen molar-refractivity contribution in [3.63, 3.8) is 0 Å². The smallest absolute Gasteiger partial charge is 0.305 e. The van der Waals surface area contributed by atoms with Crippen molar-refractivity contribution in [2.45, 2.75) is 108 Å². The molecule has 1 heterocycles. The van der Waals surface area contributed by atoms with E-state index in [0.717, 1.165) is 32.1 Å². The molecule has 47 heavy (non-hydrogen) atoms. The summed E-state index contributed by atoms with van der Waals surface area (Å²) in [5.41, 5.74) is 0.697. The van der Waals surface area contributed by atoms with Gasteiger partial charge < -0.3 is 30.3 Å². The summed E-state index contributed by atoms with van der Waals surface area (Å²) in [6.07, 6.45) is 3.30. The second-order valence-electron chi connectivity index (χ2n) is 13.1. The summed E-state index contributed by atoms with van der Waals surface area (Å²) in [6, 6.07) is 5.56. The number of ether oxygens (including phenoxy) is 2. The summed E-state index contributed by atoms with van der Waals surface area (Å²) in [7, 11) is -2.87. The fraction of sp³-hybridized carbons (Fsp3) is 0.727. The molecule has 1 aliphatic heterocycles. The Kier molecular flexibility index (Phi) is 16.0. The molecule has 266 valence electrons. The van der Waals surface area contributed by atoms with Crippen LogP contribution < -0.4 is 15.4 Å². The average molecular weight is 683 g/mol. The number of carbonyl (C=O) groups excluding carboxylic acids is 3. The third kappa shape index (κ3) is 13.1. The van der Waals surface area contributed by atoms with Crippen molar-refractivity contribution in [2.75, 3.05) is 33.4 Å². The van der Waals surface area contributed by atoms with E-state index in [9.17, 15) is 33.0 Å². The van der Waals surface area contributed by atoms with Crippen molar-refractivity contribution in [3.8, 4) is 0 Å². The molecule has 0 bridgehead atoms. The van der Waals surface area contributed by atoms with E-state index in [2.05, 4.69) is 15.4 Å². The van der Waals surface area contributed by atoms with E-state index in [1.54, 1.807) is 30.3 Å². The number of rotatable bonds is 18. The lowest BCUT2D eigenvalue weighted by Gasteiger charge is -2.34. The van der Waals surface area contributed by atoms with Gasteiger partial charge in [0.15, 0.2) is 0 Å². The molecule has 1 aliphatic carbocycles. The first-order chi connectivity index (χ1) is 22.4. The highest BCUT2D eigenvalue weighted by Crippen LogP contribution is 2.29. The Morgan fingerprint density at radius 2 is 1.62 bits per heavy atom. The van der Waals surface area contributed by atoms with Crippen LogP contribution in [0.3, 0.4) is 0 Å². The number of hydrogen-bond acceptors (Lipinski definition) is 9. The third-order valence-electron chi connectivity index (χ3n) is 8.86. The van der Waals surface area contributed by atoms with E-state index in [1.807, 2.05) is 13.8 Å². The first kappa shape index (κ1) is 38.8. The minimum atomic E-state index is -4.09. The summed E-state index contributed by atoms with van der Waals surface area (Å²) in [6.45, 7) is 4.58. The predicted molar refractivity (Wildman–Crippen MR) is 176 cm³/mol. The molecule has 3 rings (SSSR count). The summed E-state index contributed by atoms with van der Waals surface area (Å²) in [5, 5.41) is 27.6. The van der Waals surface area contributed by atoms with E-state index in [-0.39, 0.29) is 57.4 Å². The second-order valence-corrected chi connectivity index (χ2v) is 14.8. The Labute approximate surface area is 279 Å². The van der Waals surface area contributed by atoms with Gasteiger partial charge in [-0.2, -0.15) is 17.4 Å². The van der Waals surface area contributed by atoms with Crippen LogP contribution >= 0.6 is 0 Å². The average Bonchev–Trinajstić information content (AvgIpc) is 3.06. The van der Waals surface area contributed by atoms with E-state index in [4.69, 9.17) is 9.47 Å². The minimum Gasteiger partial charge on any atom is -0.469 e. The molecule has 2 fully saturated rings. The van der Waals surface area contributed by atoms with E-state index < -0.39 is 58.3 Å². The maximum atomic E-state index is 13.9. The number of nitrogens with zero attached hydrogens (tertiary/aromatic N) is 1. The Morgan fingerprint density at radius 3 is 2.23 bits per heavy atom.